The molecule has 1 aromatic carbocycles. The third-order valence-corrected chi connectivity index (χ3v) is 3.50. The summed E-state index contributed by atoms with van der Waals surface area (Å²) >= 11 is 0. The Bertz CT molecular complexity index is 685. The van der Waals surface area contributed by atoms with Crippen molar-refractivity contribution < 1.29 is 0 Å². The van der Waals surface area contributed by atoms with Crippen molar-refractivity contribution in [2.45, 2.75) is 6.42 Å². The third kappa shape index (κ3) is 1.17. The number of benzene rings is 1. The van der Waals surface area contributed by atoms with Crippen molar-refractivity contribution in [3.05, 3.63) is 65.7 Å². The molecule has 0 radical (unpaired) electrons. The molecule has 1 aromatic rings. The molecule has 0 fully saturated rings. The monoisotopic (exact) mass is 217 g/mol. The van der Waals surface area contributed by atoms with Crippen LogP contribution in [-0.4, -0.2) is 4.98 Å². The van der Waals surface area contributed by atoms with Gasteiger partial charge in [-0.05, 0) is 17.2 Å². The molecule has 0 atom stereocenters. The molecule has 3 aliphatic rings. The Labute approximate surface area is 100 Å². The molecule has 80 valence electrons. The van der Waals surface area contributed by atoms with Gasteiger partial charge >= 0.3 is 0 Å². The van der Waals surface area contributed by atoms with Gasteiger partial charge in [0, 0.05) is 17.5 Å². The van der Waals surface area contributed by atoms with E-state index in [4.69, 9.17) is 4.98 Å². The molecule has 1 heterocycles. The van der Waals surface area contributed by atoms with Gasteiger partial charge in [0.05, 0.1) is 11.4 Å². The second kappa shape index (κ2) is 3.17. The molecule has 1 heteroatoms. The predicted octanol–water partition coefficient (Wildman–Crippen LogP) is 3.76. The van der Waals surface area contributed by atoms with Crippen LogP contribution in [0.2, 0.25) is 0 Å². The average molecular weight is 217 g/mol. The van der Waals surface area contributed by atoms with E-state index in [1.807, 2.05) is 0 Å². The van der Waals surface area contributed by atoms with Crippen LogP contribution in [-0.2, 0) is 6.42 Å². The summed E-state index contributed by atoms with van der Waals surface area (Å²) in [6.07, 6.45) is 1.02. The maximum absolute atomic E-state index is 4.77. The van der Waals surface area contributed by atoms with Gasteiger partial charge in [-0.25, -0.2) is 4.98 Å². The van der Waals surface area contributed by atoms with Crippen LogP contribution in [0.5, 0.6) is 0 Å². The summed E-state index contributed by atoms with van der Waals surface area (Å²) in [5.74, 6) is 0. The number of rotatable bonds is 0. The third-order valence-electron chi connectivity index (χ3n) is 3.50. The van der Waals surface area contributed by atoms with E-state index in [0.717, 1.165) is 12.1 Å². The van der Waals surface area contributed by atoms with Gasteiger partial charge in [0.2, 0.25) is 0 Å². The first-order valence-electron chi connectivity index (χ1n) is 5.89. The fourth-order valence-electron chi connectivity index (χ4n) is 2.70. The highest BCUT2D eigenvalue weighted by molar-refractivity contribution is 5.84. The Balaban J connectivity index is 2.07. The Hall–Kier alpha value is -2.15. The van der Waals surface area contributed by atoms with Crippen LogP contribution in [0, 0.1) is 0 Å². The average Bonchev–Trinajstić information content (AvgIpc) is 2.77. The molecule has 17 heavy (non-hydrogen) atoms. The van der Waals surface area contributed by atoms with Crippen LogP contribution in [0.3, 0.4) is 0 Å². The number of hydrogen-bond acceptors (Lipinski definition) is 1. The van der Waals surface area contributed by atoms with Gasteiger partial charge in [0.25, 0.3) is 0 Å². The van der Waals surface area contributed by atoms with Crippen LogP contribution >= 0.6 is 0 Å². The highest BCUT2D eigenvalue weighted by Crippen LogP contribution is 2.42. The highest BCUT2D eigenvalue weighted by Gasteiger charge is 2.25. The van der Waals surface area contributed by atoms with Crippen molar-refractivity contribution in [1.82, 2.24) is 4.98 Å². The smallest absolute Gasteiger partial charge is 0.0754 e. The van der Waals surface area contributed by atoms with Crippen LogP contribution in [0.1, 0.15) is 11.1 Å². The van der Waals surface area contributed by atoms with Crippen molar-refractivity contribution in [2.75, 3.05) is 0 Å². The second-order valence-corrected chi connectivity index (χ2v) is 4.48. The topological polar surface area (TPSA) is 12.9 Å². The van der Waals surface area contributed by atoms with Crippen LogP contribution in [0.25, 0.3) is 22.5 Å². The minimum Gasteiger partial charge on any atom is -0.247 e. The number of nitrogens with zero attached hydrogens (tertiary/aromatic N) is 1. The van der Waals surface area contributed by atoms with Crippen LogP contribution in [0.4, 0.5) is 0 Å². The molecule has 0 bridgehead atoms. The molecule has 1 nitrogen and oxygen atoms in total. The molecular formula is C16H11N. The van der Waals surface area contributed by atoms with Crippen molar-refractivity contribution >= 4 is 0 Å². The summed E-state index contributed by atoms with van der Waals surface area (Å²) < 4.78 is 0. The number of hydrogen-bond donors (Lipinski definition) is 0. The highest BCUT2D eigenvalue weighted by atomic mass is 14.8. The molecule has 0 amide bonds. The van der Waals surface area contributed by atoms with Gasteiger partial charge in [-0.15, -0.1) is 0 Å². The summed E-state index contributed by atoms with van der Waals surface area (Å²) in [5.41, 5.74) is 7.68. The lowest BCUT2D eigenvalue weighted by Gasteiger charge is -1.98. The summed E-state index contributed by atoms with van der Waals surface area (Å²) in [5, 5.41) is 0. The largest absolute Gasteiger partial charge is 0.247 e. The lowest BCUT2D eigenvalue weighted by Crippen LogP contribution is -1.82. The normalized spacial score (nSPS) is 12.5. The molecular weight excluding hydrogens is 206 g/mol. The van der Waals surface area contributed by atoms with Crippen LogP contribution in [0.15, 0.2) is 54.6 Å². The molecule has 0 unspecified atom stereocenters. The lowest BCUT2D eigenvalue weighted by molar-refractivity contribution is 1.27. The maximum atomic E-state index is 4.77. The first kappa shape index (κ1) is 8.94. The van der Waals surface area contributed by atoms with E-state index in [-0.39, 0.29) is 0 Å². The fourth-order valence-corrected chi connectivity index (χ4v) is 2.70. The standard InChI is InChI=1S/C16H11N/c1-2-8-13-14-10-11-6-4-5-7-12(11)16(14)17-15(13)9-3-1/h1-9H,10H2. The SMILES string of the molecule is c1ccc2nc3c(c-2cc1)Cc1ccccc1-3. The van der Waals surface area contributed by atoms with E-state index >= 15 is 0 Å². The molecule has 2 aliphatic carbocycles. The van der Waals surface area contributed by atoms with Crippen molar-refractivity contribution in [2.24, 2.45) is 0 Å². The Morgan fingerprint density at radius 2 is 1.53 bits per heavy atom. The molecule has 4 rings (SSSR count). The summed E-state index contributed by atoms with van der Waals surface area (Å²) in [6.45, 7) is 0. The number of fused-ring (bicyclic) bond motifs is 5. The van der Waals surface area contributed by atoms with Gasteiger partial charge in [0.15, 0.2) is 0 Å². The van der Waals surface area contributed by atoms with E-state index in [1.54, 1.807) is 0 Å². The second-order valence-electron chi connectivity index (χ2n) is 4.48. The number of aromatic nitrogens is 1. The van der Waals surface area contributed by atoms with Gasteiger partial charge in [-0.1, -0.05) is 48.5 Å². The van der Waals surface area contributed by atoms with E-state index in [2.05, 4.69) is 54.6 Å². The minimum absolute atomic E-state index is 1.02. The fraction of sp³-hybridized carbons (Fsp3) is 0.0625. The van der Waals surface area contributed by atoms with Gasteiger partial charge in [-0.2, -0.15) is 0 Å². The van der Waals surface area contributed by atoms with Crippen LogP contribution < -0.4 is 0 Å². The Morgan fingerprint density at radius 1 is 0.765 bits per heavy atom. The Morgan fingerprint density at radius 3 is 2.53 bits per heavy atom. The summed E-state index contributed by atoms with van der Waals surface area (Å²) in [6, 6.07) is 19.0. The molecule has 0 aromatic heterocycles. The van der Waals surface area contributed by atoms with Crippen molar-refractivity contribution in [3.8, 4) is 22.5 Å². The quantitative estimate of drug-likeness (QED) is 0.437. The molecule has 0 N–H and O–H groups in total. The zero-order valence-electron chi connectivity index (χ0n) is 9.35. The molecule has 0 spiro atoms. The van der Waals surface area contributed by atoms with Crippen molar-refractivity contribution in [3.63, 3.8) is 0 Å². The summed E-state index contributed by atoms with van der Waals surface area (Å²) in [4.78, 5) is 4.77. The lowest BCUT2D eigenvalue weighted by atomic mass is 10.1. The zero-order valence-corrected chi connectivity index (χ0v) is 9.35. The molecule has 0 saturated heterocycles. The molecule has 1 aliphatic heterocycles. The zero-order chi connectivity index (χ0) is 11.2. The van der Waals surface area contributed by atoms with E-state index < -0.39 is 0 Å². The first-order chi connectivity index (χ1) is 8.43. The first-order valence-corrected chi connectivity index (χ1v) is 5.89. The van der Waals surface area contributed by atoms with Gasteiger partial charge in [-0.3, -0.25) is 0 Å². The van der Waals surface area contributed by atoms with Gasteiger partial charge < -0.3 is 0 Å². The van der Waals surface area contributed by atoms with Gasteiger partial charge in [0.1, 0.15) is 0 Å². The molecule has 0 saturated carbocycles. The van der Waals surface area contributed by atoms with E-state index in [0.29, 0.717) is 0 Å². The maximum Gasteiger partial charge on any atom is 0.0754 e. The van der Waals surface area contributed by atoms with Crippen molar-refractivity contribution in [1.29, 1.82) is 0 Å². The Kier molecular flexibility index (Phi) is 1.67. The predicted molar refractivity (Wildman–Crippen MR) is 69.1 cm³/mol. The summed E-state index contributed by atoms with van der Waals surface area (Å²) in [7, 11) is 0. The minimum atomic E-state index is 1.02. The van der Waals surface area contributed by atoms with E-state index in [1.165, 1.54) is 27.9 Å². The van der Waals surface area contributed by atoms with E-state index in [9.17, 15) is 0 Å².